The summed E-state index contributed by atoms with van der Waals surface area (Å²) in [5.41, 5.74) is 0.755. The molecule has 7 heteroatoms. The van der Waals surface area contributed by atoms with Crippen molar-refractivity contribution in [2.75, 3.05) is 26.8 Å². The Bertz CT molecular complexity index is 485. The van der Waals surface area contributed by atoms with Gasteiger partial charge in [-0.25, -0.2) is 0 Å². The maximum Gasteiger partial charge on any atom is 0.321 e. The van der Waals surface area contributed by atoms with Crippen molar-refractivity contribution >= 4 is 33.8 Å². The second-order valence-electron chi connectivity index (χ2n) is 5.33. The highest BCUT2D eigenvalue weighted by atomic mass is 79.9. The van der Waals surface area contributed by atoms with E-state index in [9.17, 15) is 14.4 Å². The van der Waals surface area contributed by atoms with Gasteiger partial charge in [0.25, 0.3) is 0 Å². The Morgan fingerprint density at radius 1 is 1.22 bits per heavy atom. The molecule has 0 aliphatic carbocycles. The normalized spacial score (nSPS) is 20.0. The Labute approximate surface area is 145 Å². The minimum Gasteiger partial charge on any atom is -0.465 e. The van der Waals surface area contributed by atoms with Gasteiger partial charge in [0.1, 0.15) is 0 Å². The Morgan fingerprint density at radius 2 is 1.74 bits per heavy atom. The van der Waals surface area contributed by atoms with Gasteiger partial charge in [-0.05, 0) is 30.3 Å². The summed E-state index contributed by atoms with van der Waals surface area (Å²) in [6, 6.07) is 0. The molecule has 1 atom stereocenters. The number of carbonyl (C=O) groups excluding carboxylic acids is 3. The summed E-state index contributed by atoms with van der Waals surface area (Å²) in [4.78, 5) is 38.6. The van der Waals surface area contributed by atoms with Crippen LogP contribution >= 0.6 is 15.9 Å². The predicted molar refractivity (Wildman–Crippen MR) is 88.7 cm³/mol. The van der Waals surface area contributed by atoms with E-state index < -0.39 is 23.8 Å². The summed E-state index contributed by atoms with van der Waals surface area (Å²) in [5.74, 6) is -3.81. The average Bonchev–Trinajstić information content (AvgIpc) is 2.77. The number of allylic oxidation sites excluding steroid dienone is 1. The van der Waals surface area contributed by atoms with E-state index in [0.717, 1.165) is 22.9 Å². The van der Waals surface area contributed by atoms with E-state index in [1.807, 2.05) is 6.92 Å². The molecular weight excluding hydrogens is 366 g/mol. The summed E-state index contributed by atoms with van der Waals surface area (Å²) >= 11 is 3.50. The van der Waals surface area contributed by atoms with Crippen LogP contribution in [0.3, 0.4) is 0 Å². The van der Waals surface area contributed by atoms with Crippen LogP contribution in [-0.4, -0.2) is 49.6 Å². The summed E-state index contributed by atoms with van der Waals surface area (Å²) in [5, 5.41) is 0. The standard InChI is InChI=1S/C16H24BrNO5/c1-5-8-11(17)10-9-18(4)14(19)12(10)13(15(20)22-6-2)16(21)23-7-3/h12-13H,5-9H2,1-4H3/b11-10-. The van der Waals surface area contributed by atoms with E-state index in [2.05, 4.69) is 15.9 Å². The minimum atomic E-state index is -1.26. The zero-order valence-electron chi connectivity index (χ0n) is 14.1. The monoisotopic (exact) mass is 389 g/mol. The Kier molecular flexibility index (Phi) is 7.75. The topological polar surface area (TPSA) is 72.9 Å². The highest BCUT2D eigenvalue weighted by molar-refractivity contribution is 9.11. The number of rotatable bonds is 7. The van der Waals surface area contributed by atoms with Crippen LogP contribution in [0.1, 0.15) is 33.6 Å². The fourth-order valence-electron chi connectivity index (χ4n) is 2.63. The highest BCUT2D eigenvalue weighted by Crippen LogP contribution is 2.36. The minimum absolute atomic E-state index is 0.140. The first-order valence-corrected chi connectivity index (χ1v) is 8.63. The average molecular weight is 390 g/mol. The first-order chi connectivity index (χ1) is 10.9. The number of hydrogen-bond donors (Lipinski definition) is 0. The lowest BCUT2D eigenvalue weighted by atomic mass is 9.86. The number of halogens is 1. The molecular formula is C16H24BrNO5. The van der Waals surface area contributed by atoms with Gasteiger partial charge in [-0.15, -0.1) is 0 Å². The summed E-state index contributed by atoms with van der Waals surface area (Å²) in [6.45, 7) is 6.01. The van der Waals surface area contributed by atoms with Gasteiger partial charge in [0.2, 0.25) is 5.91 Å². The van der Waals surface area contributed by atoms with Crippen molar-refractivity contribution in [2.45, 2.75) is 33.6 Å². The van der Waals surface area contributed by atoms with Crippen LogP contribution in [0, 0.1) is 11.8 Å². The Balaban J connectivity index is 3.28. The molecule has 1 aliphatic heterocycles. The molecule has 0 radical (unpaired) electrons. The number of esters is 2. The van der Waals surface area contributed by atoms with Crippen molar-refractivity contribution < 1.29 is 23.9 Å². The molecule has 1 heterocycles. The number of likely N-dealkylation sites (tertiary alicyclic amines) is 1. The predicted octanol–water partition coefficient (Wildman–Crippen LogP) is 2.27. The van der Waals surface area contributed by atoms with Crippen LogP contribution in [0.4, 0.5) is 0 Å². The van der Waals surface area contributed by atoms with Crippen molar-refractivity contribution in [2.24, 2.45) is 11.8 Å². The van der Waals surface area contributed by atoms with Gasteiger partial charge < -0.3 is 14.4 Å². The fourth-order valence-corrected chi connectivity index (χ4v) is 3.40. The first-order valence-electron chi connectivity index (χ1n) is 7.84. The van der Waals surface area contributed by atoms with Crippen LogP contribution in [0.25, 0.3) is 0 Å². The molecule has 0 aromatic rings. The van der Waals surface area contributed by atoms with Gasteiger partial charge in [0.15, 0.2) is 5.92 Å². The van der Waals surface area contributed by atoms with Gasteiger partial charge in [-0.2, -0.15) is 0 Å². The van der Waals surface area contributed by atoms with Gasteiger partial charge in [-0.3, -0.25) is 14.4 Å². The van der Waals surface area contributed by atoms with E-state index >= 15 is 0 Å². The third-order valence-electron chi connectivity index (χ3n) is 3.66. The number of carbonyl (C=O) groups is 3. The second kappa shape index (κ2) is 9.05. The van der Waals surface area contributed by atoms with E-state index in [0.29, 0.717) is 6.54 Å². The van der Waals surface area contributed by atoms with Gasteiger partial charge in [0.05, 0.1) is 19.1 Å². The van der Waals surface area contributed by atoms with Gasteiger partial charge in [-0.1, -0.05) is 29.3 Å². The second-order valence-corrected chi connectivity index (χ2v) is 6.29. The highest BCUT2D eigenvalue weighted by Gasteiger charge is 2.48. The van der Waals surface area contributed by atoms with Crippen LogP contribution < -0.4 is 0 Å². The van der Waals surface area contributed by atoms with Crippen molar-refractivity contribution in [3.63, 3.8) is 0 Å². The van der Waals surface area contributed by atoms with Crippen molar-refractivity contribution in [1.82, 2.24) is 4.90 Å². The van der Waals surface area contributed by atoms with E-state index in [4.69, 9.17) is 9.47 Å². The van der Waals surface area contributed by atoms with E-state index in [1.54, 1.807) is 20.9 Å². The fraction of sp³-hybridized carbons (Fsp3) is 0.688. The Hall–Kier alpha value is -1.37. The molecule has 1 amide bonds. The quantitative estimate of drug-likeness (QED) is 0.493. The molecule has 0 aromatic carbocycles. The van der Waals surface area contributed by atoms with Crippen LogP contribution in [-0.2, 0) is 23.9 Å². The smallest absolute Gasteiger partial charge is 0.321 e. The number of ether oxygens (including phenoxy) is 2. The van der Waals surface area contributed by atoms with E-state index in [1.165, 1.54) is 4.90 Å². The molecule has 1 aliphatic rings. The number of amides is 1. The number of nitrogens with zero attached hydrogens (tertiary/aromatic N) is 1. The van der Waals surface area contributed by atoms with E-state index in [-0.39, 0.29) is 19.1 Å². The molecule has 23 heavy (non-hydrogen) atoms. The zero-order valence-corrected chi connectivity index (χ0v) is 15.6. The lowest BCUT2D eigenvalue weighted by molar-refractivity contribution is -0.165. The third-order valence-corrected chi connectivity index (χ3v) is 4.56. The maximum absolute atomic E-state index is 12.5. The molecule has 6 nitrogen and oxygen atoms in total. The van der Waals surface area contributed by atoms with Crippen LogP contribution in [0.5, 0.6) is 0 Å². The van der Waals surface area contributed by atoms with Crippen molar-refractivity contribution in [3.05, 3.63) is 10.1 Å². The number of hydrogen-bond acceptors (Lipinski definition) is 5. The molecule has 0 spiro atoms. The van der Waals surface area contributed by atoms with Crippen molar-refractivity contribution in [1.29, 1.82) is 0 Å². The lowest BCUT2D eigenvalue weighted by Gasteiger charge is -2.20. The lowest BCUT2D eigenvalue weighted by Crippen LogP contribution is -2.39. The molecule has 1 saturated heterocycles. The molecule has 1 rings (SSSR count). The molecule has 1 fully saturated rings. The van der Waals surface area contributed by atoms with Crippen LogP contribution in [0.15, 0.2) is 10.1 Å². The Morgan fingerprint density at radius 3 is 2.17 bits per heavy atom. The molecule has 1 unspecified atom stereocenters. The van der Waals surface area contributed by atoms with Crippen molar-refractivity contribution in [3.8, 4) is 0 Å². The van der Waals surface area contributed by atoms with Crippen LogP contribution in [0.2, 0.25) is 0 Å². The largest absolute Gasteiger partial charge is 0.465 e. The zero-order chi connectivity index (χ0) is 17.6. The van der Waals surface area contributed by atoms with Gasteiger partial charge in [0, 0.05) is 13.6 Å². The summed E-state index contributed by atoms with van der Waals surface area (Å²) in [7, 11) is 1.65. The molecule has 0 saturated carbocycles. The van der Waals surface area contributed by atoms with Gasteiger partial charge >= 0.3 is 11.9 Å². The number of likely N-dealkylation sites (N-methyl/N-ethyl adjacent to an activating group) is 1. The SMILES string of the molecule is CCC/C(Br)=C1\CN(C)C(=O)C1C(C(=O)OCC)C(=O)OCC. The molecule has 0 aromatic heterocycles. The molecule has 0 bridgehead atoms. The molecule has 0 N–H and O–H groups in total. The molecule has 130 valence electrons. The summed E-state index contributed by atoms with van der Waals surface area (Å²) in [6.07, 6.45) is 1.63. The maximum atomic E-state index is 12.5. The summed E-state index contributed by atoms with van der Waals surface area (Å²) < 4.78 is 10.9. The first kappa shape index (κ1) is 19.7. The third kappa shape index (κ3) is 4.56.